The number of phenolic OH excluding ortho intramolecular Hbond substituents is 1. The number of aromatic nitrogens is 1. The monoisotopic (exact) mass is 392 g/mol. The van der Waals surface area contributed by atoms with Crippen LogP contribution >= 0.6 is 0 Å². The van der Waals surface area contributed by atoms with Crippen molar-refractivity contribution in [3.63, 3.8) is 0 Å². The van der Waals surface area contributed by atoms with Gasteiger partial charge in [-0.25, -0.2) is 0 Å². The predicted octanol–water partition coefficient (Wildman–Crippen LogP) is 5.68. The summed E-state index contributed by atoms with van der Waals surface area (Å²) in [7, 11) is 0. The van der Waals surface area contributed by atoms with Gasteiger partial charge in [-0.05, 0) is 86.8 Å². The summed E-state index contributed by atoms with van der Waals surface area (Å²) in [5.74, 6) is 1.26. The third kappa shape index (κ3) is 4.43. The Morgan fingerprint density at radius 3 is 2.45 bits per heavy atom. The zero-order chi connectivity index (χ0) is 20.2. The number of hydrogen-bond donors (Lipinski definition) is 1. The molecule has 2 aromatic carbocycles. The molecule has 1 aromatic heterocycles. The molecule has 0 saturated carbocycles. The van der Waals surface area contributed by atoms with Crippen molar-refractivity contribution in [3.8, 4) is 22.8 Å². The number of rotatable bonds is 7. The first-order chi connectivity index (χ1) is 14.2. The predicted molar refractivity (Wildman–Crippen MR) is 120 cm³/mol. The maximum Gasteiger partial charge on any atom is 0.119 e. The fourth-order valence-electron chi connectivity index (χ4n) is 4.37. The van der Waals surface area contributed by atoms with E-state index in [0.717, 1.165) is 49.1 Å². The van der Waals surface area contributed by atoms with E-state index in [-0.39, 0.29) is 0 Å². The molecule has 1 aliphatic heterocycles. The van der Waals surface area contributed by atoms with E-state index in [4.69, 9.17) is 4.74 Å². The molecule has 1 N–H and O–H groups in total. The van der Waals surface area contributed by atoms with Crippen LogP contribution in [0, 0.1) is 0 Å². The molecular formula is C25H32N2O2. The van der Waals surface area contributed by atoms with Crippen molar-refractivity contribution in [1.29, 1.82) is 0 Å². The Labute approximate surface area is 173 Å². The highest BCUT2D eigenvalue weighted by Gasteiger charge is 2.20. The topological polar surface area (TPSA) is 37.6 Å². The van der Waals surface area contributed by atoms with Crippen LogP contribution in [0.1, 0.15) is 39.5 Å². The van der Waals surface area contributed by atoms with E-state index in [1.165, 1.54) is 30.6 Å². The van der Waals surface area contributed by atoms with Gasteiger partial charge in [0.25, 0.3) is 0 Å². The van der Waals surface area contributed by atoms with Gasteiger partial charge in [-0.1, -0.05) is 13.3 Å². The van der Waals surface area contributed by atoms with Crippen LogP contribution in [-0.4, -0.2) is 40.3 Å². The maximum absolute atomic E-state index is 9.80. The number of nitrogens with zero attached hydrogens (tertiary/aromatic N) is 2. The lowest BCUT2D eigenvalue weighted by molar-refractivity contribution is 0.0998. The van der Waals surface area contributed by atoms with E-state index in [1.807, 2.05) is 12.1 Å². The van der Waals surface area contributed by atoms with Gasteiger partial charge < -0.3 is 19.3 Å². The summed E-state index contributed by atoms with van der Waals surface area (Å²) in [6.07, 6.45) is 5.10. The zero-order valence-electron chi connectivity index (χ0n) is 17.6. The third-order valence-electron chi connectivity index (χ3n) is 6.02. The number of phenols is 1. The van der Waals surface area contributed by atoms with Gasteiger partial charge >= 0.3 is 0 Å². The summed E-state index contributed by atoms with van der Waals surface area (Å²) in [5, 5.41) is 10.9. The van der Waals surface area contributed by atoms with Crippen LogP contribution < -0.4 is 4.74 Å². The first-order valence-corrected chi connectivity index (χ1v) is 11.0. The van der Waals surface area contributed by atoms with Gasteiger partial charge in [-0.3, -0.25) is 0 Å². The Morgan fingerprint density at radius 2 is 1.76 bits per heavy atom. The molecule has 2 heterocycles. The molecular weight excluding hydrogens is 360 g/mol. The quantitative estimate of drug-likeness (QED) is 0.562. The smallest absolute Gasteiger partial charge is 0.119 e. The SMILES string of the molecule is CCCCN1CCC(Oc2ccc(-c3cc4cc(O)ccc4n3CC)cc2)CC1. The second-order valence-electron chi connectivity index (χ2n) is 8.05. The highest BCUT2D eigenvalue weighted by atomic mass is 16.5. The van der Waals surface area contributed by atoms with Gasteiger partial charge in [0.05, 0.1) is 0 Å². The van der Waals surface area contributed by atoms with Gasteiger partial charge in [0.15, 0.2) is 0 Å². The Morgan fingerprint density at radius 1 is 1.00 bits per heavy atom. The number of fused-ring (bicyclic) bond motifs is 1. The number of likely N-dealkylation sites (tertiary alicyclic amines) is 1. The van der Waals surface area contributed by atoms with E-state index in [0.29, 0.717) is 11.9 Å². The van der Waals surface area contributed by atoms with Crippen molar-refractivity contribution < 1.29 is 9.84 Å². The van der Waals surface area contributed by atoms with E-state index >= 15 is 0 Å². The molecule has 4 rings (SSSR count). The van der Waals surface area contributed by atoms with Gasteiger partial charge in [0, 0.05) is 36.2 Å². The van der Waals surface area contributed by atoms with Crippen LogP contribution in [0.25, 0.3) is 22.2 Å². The van der Waals surface area contributed by atoms with Crippen molar-refractivity contribution in [3.05, 3.63) is 48.5 Å². The first-order valence-electron chi connectivity index (χ1n) is 11.0. The molecule has 0 bridgehead atoms. The molecule has 0 amide bonds. The number of aromatic hydroxyl groups is 1. The average molecular weight is 393 g/mol. The van der Waals surface area contributed by atoms with Crippen LogP contribution in [-0.2, 0) is 6.54 Å². The molecule has 4 nitrogen and oxygen atoms in total. The second kappa shape index (κ2) is 8.91. The Kier molecular flexibility index (Phi) is 6.10. The van der Waals surface area contributed by atoms with Crippen molar-refractivity contribution >= 4 is 10.9 Å². The first kappa shape index (κ1) is 19.8. The molecule has 0 unspecified atom stereocenters. The van der Waals surface area contributed by atoms with E-state index in [9.17, 15) is 5.11 Å². The van der Waals surface area contributed by atoms with E-state index < -0.39 is 0 Å². The van der Waals surface area contributed by atoms with Gasteiger partial charge in [0.1, 0.15) is 17.6 Å². The number of benzene rings is 2. The van der Waals surface area contributed by atoms with E-state index in [1.54, 1.807) is 6.07 Å². The summed E-state index contributed by atoms with van der Waals surface area (Å²) in [5.41, 5.74) is 3.49. The van der Waals surface area contributed by atoms with Crippen LogP contribution in [0.15, 0.2) is 48.5 Å². The third-order valence-corrected chi connectivity index (χ3v) is 6.02. The lowest BCUT2D eigenvalue weighted by Gasteiger charge is -2.32. The minimum atomic E-state index is 0.307. The molecule has 29 heavy (non-hydrogen) atoms. The fraction of sp³-hybridized carbons (Fsp3) is 0.440. The average Bonchev–Trinajstić information content (AvgIpc) is 3.11. The van der Waals surface area contributed by atoms with Crippen LogP contribution in [0.4, 0.5) is 0 Å². The standard InChI is InChI=1S/C25H32N2O2/c1-3-5-14-26-15-12-23(13-16-26)29-22-9-6-19(7-10-22)25-18-20-17-21(28)8-11-24(20)27(25)4-2/h6-11,17-18,23,28H,3-5,12-16H2,1-2H3. The fourth-order valence-corrected chi connectivity index (χ4v) is 4.37. The van der Waals surface area contributed by atoms with Crippen LogP contribution in [0.3, 0.4) is 0 Å². The van der Waals surface area contributed by atoms with Crippen molar-refractivity contribution in [2.24, 2.45) is 0 Å². The minimum absolute atomic E-state index is 0.307. The molecule has 154 valence electrons. The largest absolute Gasteiger partial charge is 0.508 e. The van der Waals surface area contributed by atoms with Gasteiger partial charge in [-0.2, -0.15) is 0 Å². The number of hydrogen-bond acceptors (Lipinski definition) is 3. The molecule has 0 aliphatic carbocycles. The molecule has 0 spiro atoms. The maximum atomic E-state index is 9.80. The summed E-state index contributed by atoms with van der Waals surface area (Å²) >= 11 is 0. The Bertz CT molecular complexity index is 937. The van der Waals surface area contributed by atoms with Crippen LogP contribution in [0.2, 0.25) is 0 Å². The summed E-state index contributed by atoms with van der Waals surface area (Å²) < 4.78 is 8.55. The molecule has 0 radical (unpaired) electrons. The second-order valence-corrected chi connectivity index (χ2v) is 8.05. The van der Waals surface area contributed by atoms with Crippen molar-refractivity contribution in [2.75, 3.05) is 19.6 Å². The number of aryl methyl sites for hydroxylation is 1. The zero-order valence-corrected chi connectivity index (χ0v) is 17.6. The number of ether oxygens (including phenoxy) is 1. The molecule has 4 heteroatoms. The lowest BCUT2D eigenvalue weighted by Crippen LogP contribution is -2.38. The van der Waals surface area contributed by atoms with Crippen LogP contribution in [0.5, 0.6) is 11.5 Å². The van der Waals surface area contributed by atoms with Crippen molar-refractivity contribution in [1.82, 2.24) is 9.47 Å². The van der Waals surface area contributed by atoms with Crippen molar-refractivity contribution in [2.45, 2.75) is 52.2 Å². The highest BCUT2D eigenvalue weighted by molar-refractivity contribution is 5.88. The number of unbranched alkanes of at least 4 members (excludes halogenated alkanes) is 1. The Balaban J connectivity index is 1.44. The van der Waals surface area contributed by atoms with E-state index in [2.05, 4.69) is 53.6 Å². The Hall–Kier alpha value is -2.46. The molecule has 1 fully saturated rings. The minimum Gasteiger partial charge on any atom is -0.508 e. The highest BCUT2D eigenvalue weighted by Crippen LogP contribution is 2.31. The molecule has 1 saturated heterocycles. The lowest BCUT2D eigenvalue weighted by atomic mass is 10.1. The summed E-state index contributed by atoms with van der Waals surface area (Å²) in [6, 6.07) is 16.2. The molecule has 0 atom stereocenters. The molecule has 3 aromatic rings. The summed E-state index contributed by atoms with van der Waals surface area (Å²) in [4.78, 5) is 2.56. The van der Waals surface area contributed by atoms with Gasteiger partial charge in [-0.15, -0.1) is 0 Å². The number of piperidine rings is 1. The summed E-state index contributed by atoms with van der Waals surface area (Å²) in [6.45, 7) is 8.81. The molecule has 1 aliphatic rings. The van der Waals surface area contributed by atoms with Gasteiger partial charge in [0.2, 0.25) is 0 Å². The normalized spacial score (nSPS) is 15.8.